The lowest BCUT2D eigenvalue weighted by Crippen LogP contribution is -2.03. The summed E-state index contributed by atoms with van der Waals surface area (Å²) in [5, 5.41) is 8.24. The van der Waals surface area contributed by atoms with Crippen molar-refractivity contribution in [2.24, 2.45) is 0 Å². The number of fused-ring (bicyclic) bond motifs is 1. The Morgan fingerprint density at radius 2 is 1.86 bits per heavy atom. The molecule has 0 saturated heterocycles. The fourth-order valence-corrected chi connectivity index (χ4v) is 3.05. The molecule has 0 amide bonds. The van der Waals surface area contributed by atoms with Crippen molar-refractivity contribution in [1.82, 2.24) is 15.0 Å². The Morgan fingerprint density at radius 3 is 2.52 bits per heavy atom. The number of rotatable bonds is 3. The zero-order valence-electron chi connectivity index (χ0n) is 11.2. The molecular formula is C14H12BrN3O2S. The van der Waals surface area contributed by atoms with E-state index < -0.39 is 9.84 Å². The van der Waals surface area contributed by atoms with Gasteiger partial charge in [0.2, 0.25) is 0 Å². The molecule has 0 N–H and O–H groups in total. The molecule has 0 saturated carbocycles. The molecule has 108 valence electrons. The van der Waals surface area contributed by atoms with E-state index in [4.69, 9.17) is 0 Å². The smallest absolute Gasteiger partial charge is 0.175 e. The number of aromatic nitrogens is 3. The van der Waals surface area contributed by atoms with E-state index in [0.717, 1.165) is 21.1 Å². The lowest BCUT2D eigenvalue weighted by Gasteiger charge is -2.04. The summed E-state index contributed by atoms with van der Waals surface area (Å²) in [4.78, 5) is 0.317. The van der Waals surface area contributed by atoms with Crippen LogP contribution in [0.2, 0.25) is 0 Å². The molecule has 0 radical (unpaired) electrons. The maximum absolute atomic E-state index is 11.4. The first kappa shape index (κ1) is 14.2. The van der Waals surface area contributed by atoms with Crippen LogP contribution in [0, 0.1) is 0 Å². The summed E-state index contributed by atoms with van der Waals surface area (Å²) < 4.78 is 25.6. The number of halogens is 1. The van der Waals surface area contributed by atoms with E-state index in [2.05, 4.69) is 26.2 Å². The van der Waals surface area contributed by atoms with Gasteiger partial charge in [-0.15, -0.1) is 5.10 Å². The molecule has 0 aliphatic rings. The molecule has 1 aromatic heterocycles. The predicted molar refractivity (Wildman–Crippen MR) is 83.9 cm³/mol. The third-order valence-corrected chi connectivity index (χ3v) is 4.78. The van der Waals surface area contributed by atoms with E-state index in [1.165, 1.54) is 6.26 Å². The summed E-state index contributed by atoms with van der Waals surface area (Å²) in [5.41, 5.74) is 2.72. The second-order valence-electron chi connectivity index (χ2n) is 4.80. The summed E-state index contributed by atoms with van der Waals surface area (Å²) in [7, 11) is -3.16. The molecule has 5 nitrogen and oxygen atoms in total. The topological polar surface area (TPSA) is 64.8 Å². The first-order valence-corrected chi connectivity index (χ1v) is 8.90. The number of hydrogen-bond acceptors (Lipinski definition) is 4. The summed E-state index contributed by atoms with van der Waals surface area (Å²) in [6, 6.07) is 12.6. The zero-order valence-corrected chi connectivity index (χ0v) is 13.6. The highest BCUT2D eigenvalue weighted by molar-refractivity contribution is 9.10. The van der Waals surface area contributed by atoms with Crippen LogP contribution in [0.15, 0.2) is 51.8 Å². The normalized spacial score (nSPS) is 11.9. The van der Waals surface area contributed by atoms with Crippen LogP contribution >= 0.6 is 15.9 Å². The molecular weight excluding hydrogens is 354 g/mol. The van der Waals surface area contributed by atoms with Crippen LogP contribution in [0.25, 0.3) is 11.0 Å². The number of nitrogens with zero attached hydrogens (tertiary/aromatic N) is 3. The van der Waals surface area contributed by atoms with Gasteiger partial charge in [-0.25, -0.2) is 13.1 Å². The van der Waals surface area contributed by atoms with Gasteiger partial charge in [-0.1, -0.05) is 33.3 Å². The van der Waals surface area contributed by atoms with Gasteiger partial charge in [-0.05, 0) is 35.9 Å². The minimum absolute atomic E-state index is 0.317. The Bertz CT molecular complexity index is 902. The standard InChI is InChI=1S/C14H12BrN3O2S/c1-21(19,20)12-5-2-10(3-6-12)9-18-14-8-11(15)4-7-13(14)16-17-18/h2-8H,9H2,1H3. The minimum Gasteiger partial charge on any atom is -0.240 e. The lowest BCUT2D eigenvalue weighted by atomic mass is 10.2. The third kappa shape index (κ3) is 2.98. The number of benzene rings is 2. The summed E-state index contributed by atoms with van der Waals surface area (Å²) in [5.74, 6) is 0. The molecule has 0 unspecified atom stereocenters. The molecule has 0 atom stereocenters. The van der Waals surface area contributed by atoms with E-state index >= 15 is 0 Å². The highest BCUT2D eigenvalue weighted by atomic mass is 79.9. The number of hydrogen-bond donors (Lipinski definition) is 0. The summed E-state index contributed by atoms with van der Waals surface area (Å²) in [6.07, 6.45) is 1.20. The van der Waals surface area contributed by atoms with E-state index in [0.29, 0.717) is 11.4 Å². The fourth-order valence-electron chi connectivity index (χ4n) is 2.07. The largest absolute Gasteiger partial charge is 0.240 e. The average molecular weight is 366 g/mol. The molecule has 0 bridgehead atoms. The average Bonchev–Trinajstić information content (AvgIpc) is 2.81. The molecule has 0 fully saturated rings. The molecule has 0 spiro atoms. The van der Waals surface area contributed by atoms with Gasteiger partial charge in [0.05, 0.1) is 17.0 Å². The van der Waals surface area contributed by atoms with Crippen molar-refractivity contribution in [2.75, 3.05) is 6.26 Å². The van der Waals surface area contributed by atoms with Crippen LogP contribution in [0.3, 0.4) is 0 Å². The molecule has 0 aliphatic carbocycles. The van der Waals surface area contributed by atoms with E-state index in [1.54, 1.807) is 28.9 Å². The van der Waals surface area contributed by atoms with Crippen molar-refractivity contribution >= 4 is 36.8 Å². The summed E-state index contributed by atoms with van der Waals surface area (Å²) in [6.45, 7) is 0.539. The second kappa shape index (κ2) is 5.23. The van der Waals surface area contributed by atoms with Crippen molar-refractivity contribution in [3.8, 4) is 0 Å². The van der Waals surface area contributed by atoms with Crippen LogP contribution in [0.5, 0.6) is 0 Å². The first-order chi connectivity index (χ1) is 9.93. The quantitative estimate of drug-likeness (QED) is 0.715. The second-order valence-corrected chi connectivity index (χ2v) is 7.73. The molecule has 1 heterocycles. The molecule has 0 aliphatic heterocycles. The van der Waals surface area contributed by atoms with Gasteiger partial charge in [0.1, 0.15) is 5.52 Å². The summed E-state index contributed by atoms with van der Waals surface area (Å²) >= 11 is 3.43. The van der Waals surface area contributed by atoms with Gasteiger partial charge in [0.25, 0.3) is 0 Å². The van der Waals surface area contributed by atoms with Crippen molar-refractivity contribution in [3.05, 3.63) is 52.5 Å². The minimum atomic E-state index is -3.16. The lowest BCUT2D eigenvalue weighted by molar-refractivity contribution is 0.601. The highest BCUT2D eigenvalue weighted by Gasteiger charge is 2.08. The first-order valence-electron chi connectivity index (χ1n) is 6.21. The maximum atomic E-state index is 11.4. The Morgan fingerprint density at radius 1 is 1.14 bits per heavy atom. The Labute approximate surface area is 130 Å². The van der Waals surface area contributed by atoms with E-state index in [9.17, 15) is 8.42 Å². The Hall–Kier alpha value is -1.73. The molecule has 21 heavy (non-hydrogen) atoms. The van der Waals surface area contributed by atoms with Crippen molar-refractivity contribution in [1.29, 1.82) is 0 Å². The van der Waals surface area contributed by atoms with Crippen molar-refractivity contribution in [3.63, 3.8) is 0 Å². The van der Waals surface area contributed by atoms with Crippen LogP contribution in [-0.4, -0.2) is 29.7 Å². The number of sulfone groups is 1. The highest BCUT2D eigenvalue weighted by Crippen LogP contribution is 2.19. The molecule has 3 aromatic rings. The van der Waals surface area contributed by atoms with Gasteiger partial charge in [0, 0.05) is 10.7 Å². The fraction of sp³-hybridized carbons (Fsp3) is 0.143. The molecule has 2 aromatic carbocycles. The molecule has 7 heteroatoms. The van der Waals surface area contributed by atoms with Gasteiger partial charge >= 0.3 is 0 Å². The maximum Gasteiger partial charge on any atom is 0.175 e. The van der Waals surface area contributed by atoms with Crippen LogP contribution in [-0.2, 0) is 16.4 Å². The van der Waals surface area contributed by atoms with Gasteiger partial charge in [-0.2, -0.15) is 0 Å². The zero-order chi connectivity index (χ0) is 15.0. The van der Waals surface area contributed by atoms with Crippen LogP contribution in [0.4, 0.5) is 0 Å². The van der Waals surface area contributed by atoms with E-state index in [-0.39, 0.29) is 0 Å². The van der Waals surface area contributed by atoms with Gasteiger partial charge in [0.15, 0.2) is 9.84 Å². The van der Waals surface area contributed by atoms with Crippen molar-refractivity contribution in [2.45, 2.75) is 11.4 Å². The predicted octanol–water partition coefficient (Wildman–Crippen LogP) is 2.65. The molecule has 3 rings (SSSR count). The van der Waals surface area contributed by atoms with Crippen LogP contribution in [0.1, 0.15) is 5.56 Å². The monoisotopic (exact) mass is 365 g/mol. The van der Waals surface area contributed by atoms with Crippen molar-refractivity contribution < 1.29 is 8.42 Å². The Balaban J connectivity index is 1.93. The third-order valence-electron chi connectivity index (χ3n) is 3.16. The van der Waals surface area contributed by atoms with Crippen LogP contribution < -0.4 is 0 Å². The van der Waals surface area contributed by atoms with E-state index in [1.807, 2.05) is 18.2 Å². The Kier molecular flexibility index (Phi) is 3.54. The SMILES string of the molecule is CS(=O)(=O)c1ccc(Cn2nnc3ccc(Br)cc32)cc1. The van der Waals surface area contributed by atoms with Gasteiger partial charge in [-0.3, -0.25) is 0 Å². The van der Waals surface area contributed by atoms with Gasteiger partial charge < -0.3 is 0 Å².